The molecular formula is C14H20FN3O2. The standard InChI is InChI=1S/C14H20FN3O2/c15-12-6-3-5-11(13(12)18-16)14(19)17-8-7-10-4-1-2-9-20-10/h3,5-6,10,18H,1-2,4,7-9,16H2,(H,17,19). The van der Waals surface area contributed by atoms with E-state index in [1.807, 2.05) is 0 Å². The molecule has 1 aliphatic rings. The number of hydrazine groups is 1. The summed E-state index contributed by atoms with van der Waals surface area (Å²) >= 11 is 0. The zero-order valence-corrected chi connectivity index (χ0v) is 11.3. The van der Waals surface area contributed by atoms with Crippen LogP contribution in [0.4, 0.5) is 10.1 Å². The smallest absolute Gasteiger partial charge is 0.253 e. The number of nitrogens with two attached hydrogens (primary N) is 1. The first-order valence-corrected chi connectivity index (χ1v) is 6.87. The molecule has 0 saturated carbocycles. The SMILES string of the molecule is NNc1c(F)cccc1C(=O)NCCC1CCCCO1. The maximum absolute atomic E-state index is 13.5. The van der Waals surface area contributed by atoms with Gasteiger partial charge in [-0.05, 0) is 37.8 Å². The Bertz CT molecular complexity index is 462. The van der Waals surface area contributed by atoms with Crippen molar-refractivity contribution < 1.29 is 13.9 Å². The predicted molar refractivity (Wildman–Crippen MR) is 74.8 cm³/mol. The van der Waals surface area contributed by atoms with E-state index in [1.165, 1.54) is 24.6 Å². The number of para-hydroxylation sites is 1. The number of hydrogen-bond acceptors (Lipinski definition) is 4. The number of anilines is 1. The van der Waals surface area contributed by atoms with Crippen LogP contribution in [0.15, 0.2) is 18.2 Å². The molecule has 1 unspecified atom stereocenters. The Morgan fingerprint density at radius 3 is 3.00 bits per heavy atom. The lowest BCUT2D eigenvalue weighted by Crippen LogP contribution is -2.30. The van der Waals surface area contributed by atoms with Crippen LogP contribution in [0.5, 0.6) is 0 Å². The van der Waals surface area contributed by atoms with Gasteiger partial charge in [0.25, 0.3) is 5.91 Å². The number of nitrogens with one attached hydrogen (secondary N) is 2. The molecule has 1 atom stereocenters. The third-order valence-corrected chi connectivity index (χ3v) is 3.43. The van der Waals surface area contributed by atoms with E-state index in [-0.39, 0.29) is 23.3 Å². The lowest BCUT2D eigenvalue weighted by Gasteiger charge is -2.22. The molecule has 2 rings (SSSR count). The molecule has 0 bridgehead atoms. The van der Waals surface area contributed by atoms with Crippen molar-refractivity contribution in [3.05, 3.63) is 29.6 Å². The van der Waals surface area contributed by atoms with Gasteiger partial charge in [-0.15, -0.1) is 0 Å². The number of carbonyl (C=O) groups is 1. The number of nitrogen functional groups attached to an aromatic ring is 1. The number of carbonyl (C=O) groups excluding carboxylic acids is 1. The van der Waals surface area contributed by atoms with Gasteiger partial charge in [-0.2, -0.15) is 0 Å². The highest BCUT2D eigenvalue weighted by atomic mass is 19.1. The summed E-state index contributed by atoms with van der Waals surface area (Å²) in [6.45, 7) is 1.30. The second-order valence-corrected chi connectivity index (χ2v) is 4.84. The summed E-state index contributed by atoms with van der Waals surface area (Å²) in [5.41, 5.74) is 2.44. The van der Waals surface area contributed by atoms with Gasteiger partial charge in [0.15, 0.2) is 0 Å². The van der Waals surface area contributed by atoms with Gasteiger partial charge in [-0.1, -0.05) is 6.07 Å². The predicted octanol–water partition coefficient (Wildman–Crippen LogP) is 1.80. The fourth-order valence-electron chi connectivity index (χ4n) is 2.34. The summed E-state index contributed by atoms with van der Waals surface area (Å²) in [6.07, 6.45) is 4.29. The van der Waals surface area contributed by atoms with Gasteiger partial charge in [-0.3, -0.25) is 10.6 Å². The van der Waals surface area contributed by atoms with Crippen LogP contribution in [-0.4, -0.2) is 25.2 Å². The summed E-state index contributed by atoms with van der Waals surface area (Å²) in [6, 6.07) is 4.27. The van der Waals surface area contributed by atoms with Crippen LogP contribution in [0, 0.1) is 5.82 Å². The van der Waals surface area contributed by atoms with Crippen LogP contribution >= 0.6 is 0 Å². The molecule has 1 heterocycles. The zero-order valence-electron chi connectivity index (χ0n) is 11.3. The summed E-state index contributed by atoms with van der Waals surface area (Å²) < 4.78 is 19.1. The Morgan fingerprint density at radius 1 is 1.45 bits per heavy atom. The highest BCUT2D eigenvalue weighted by molar-refractivity contribution is 5.99. The maximum atomic E-state index is 13.5. The van der Waals surface area contributed by atoms with Crippen molar-refractivity contribution in [2.24, 2.45) is 5.84 Å². The molecule has 0 spiro atoms. The molecule has 1 aromatic carbocycles. The highest BCUT2D eigenvalue weighted by Gasteiger charge is 2.16. The Morgan fingerprint density at radius 2 is 2.30 bits per heavy atom. The van der Waals surface area contributed by atoms with E-state index in [0.717, 1.165) is 25.9 Å². The van der Waals surface area contributed by atoms with Crippen molar-refractivity contribution in [2.45, 2.75) is 31.8 Å². The summed E-state index contributed by atoms with van der Waals surface area (Å²) in [4.78, 5) is 12.0. The Balaban J connectivity index is 1.87. The molecule has 0 radical (unpaired) electrons. The van der Waals surface area contributed by atoms with Crippen LogP contribution in [0.3, 0.4) is 0 Å². The lowest BCUT2D eigenvalue weighted by molar-refractivity contribution is 0.0117. The van der Waals surface area contributed by atoms with E-state index in [9.17, 15) is 9.18 Å². The van der Waals surface area contributed by atoms with Crippen molar-refractivity contribution in [2.75, 3.05) is 18.6 Å². The second-order valence-electron chi connectivity index (χ2n) is 4.84. The minimum atomic E-state index is -0.546. The molecule has 1 amide bonds. The fraction of sp³-hybridized carbons (Fsp3) is 0.500. The fourth-order valence-corrected chi connectivity index (χ4v) is 2.34. The third kappa shape index (κ3) is 3.68. The molecule has 0 aliphatic carbocycles. The topological polar surface area (TPSA) is 76.4 Å². The molecule has 110 valence electrons. The minimum absolute atomic E-state index is 0.0129. The minimum Gasteiger partial charge on any atom is -0.378 e. The maximum Gasteiger partial charge on any atom is 0.253 e. The molecule has 4 N–H and O–H groups in total. The van der Waals surface area contributed by atoms with E-state index in [4.69, 9.17) is 10.6 Å². The Labute approximate surface area is 117 Å². The van der Waals surface area contributed by atoms with Gasteiger partial charge >= 0.3 is 0 Å². The van der Waals surface area contributed by atoms with Gasteiger partial charge in [-0.25, -0.2) is 4.39 Å². The highest BCUT2D eigenvalue weighted by Crippen LogP contribution is 2.19. The number of ether oxygens (including phenoxy) is 1. The van der Waals surface area contributed by atoms with Crippen molar-refractivity contribution in [3.63, 3.8) is 0 Å². The van der Waals surface area contributed by atoms with Crippen LogP contribution in [0.25, 0.3) is 0 Å². The van der Waals surface area contributed by atoms with Crippen molar-refractivity contribution in [1.29, 1.82) is 0 Å². The summed E-state index contributed by atoms with van der Waals surface area (Å²) in [5.74, 6) is 4.36. The molecule has 6 heteroatoms. The molecule has 1 saturated heterocycles. The molecular weight excluding hydrogens is 261 g/mol. The number of amides is 1. The quantitative estimate of drug-likeness (QED) is 0.568. The first-order valence-electron chi connectivity index (χ1n) is 6.87. The zero-order chi connectivity index (χ0) is 14.4. The average Bonchev–Trinajstić information content (AvgIpc) is 2.48. The van der Waals surface area contributed by atoms with Gasteiger partial charge in [0.2, 0.25) is 0 Å². The van der Waals surface area contributed by atoms with Crippen LogP contribution < -0.4 is 16.6 Å². The van der Waals surface area contributed by atoms with Crippen molar-refractivity contribution in [1.82, 2.24) is 5.32 Å². The van der Waals surface area contributed by atoms with Crippen LogP contribution in [-0.2, 0) is 4.74 Å². The van der Waals surface area contributed by atoms with Crippen LogP contribution in [0.2, 0.25) is 0 Å². The average molecular weight is 281 g/mol. The number of halogens is 1. The molecule has 1 aromatic rings. The van der Waals surface area contributed by atoms with Gasteiger partial charge < -0.3 is 15.5 Å². The van der Waals surface area contributed by atoms with E-state index in [2.05, 4.69) is 10.7 Å². The molecule has 20 heavy (non-hydrogen) atoms. The van der Waals surface area contributed by atoms with Crippen molar-refractivity contribution >= 4 is 11.6 Å². The number of rotatable bonds is 5. The first-order chi connectivity index (χ1) is 9.72. The molecule has 1 fully saturated rings. The number of hydrogen-bond donors (Lipinski definition) is 3. The van der Waals surface area contributed by atoms with Gasteiger partial charge in [0, 0.05) is 13.2 Å². The largest absolute Gasteiger partial charge is 0.378 e. The second kappa shape index (κ2) is 7.21. The Kier molecular flexibility index (Phi) is 5.31. The van der Waals surface area contributed by atoms with Gasteiger partial charge in [0.05, 0.1) is 17.4 Å². The van der Waals surface area contributed by atoms with E-state index in [0.29, 0.717) is 6.54 Å². The normalized spacial score (nSPS) is 18.6. The summed E-state index contributed by atoms with van der Waals surface area (Å²) in [5, 5.41) is 2.77. The van der Waals surface area contributed by atoms with Gasteiger partial charge in [0.1, 0.15) is 5.82 Å². The Hall–Kier alpha value is -1.66. The van der Waals surface area contributed by atoms with Crippen LogP contribution in [0.1, 0.15) is 36.0 Å². The third-order valence-electron chi connectivity index (χ3n) is 3.43. The lowest BCUT2D eigenvalue weighted by atomic mass is 10.1. The molecule has 5 nitrogen and oxygen atoms in total. The van der Waals surface area contributed by atoms with E-state index >= 15 is 0 Å². The van der Waals surface area contributed by atoms with E-state index in [1.54, 1.807) is 0 Å². The molecule has 1 aliphatic heterocycles. The summed E-state index contributed by atoms with van der Waals surface area (Å²) in [7, 11) is 0. The van der Waals surface area contributed by atoms with E-state index < -0.39 is 5.82 Å². The molecule has 0 aromatic heterocycles. The monoisotopic (exact) mass is 281 g/mol. The van der Waals surface area contributed by atoms with Crippen molar-refractivity contribution in [3.8, 4) is 0 Å². The first kappa shape index (κ1) is 14.7. The number of benzene rings is 1.